The lowest BCUT2D eigenvalue weighted by Gasteiger charge is -2.21. The summed E-state index contributed by atoms with van der Waals surface area (Å²) in [6.45, 7) is 9.53. The molecule has 0 saturated carbocycles. The van der Waals surface area contributed by atoms with Crippen molar-refractivity contribution in [3.63, 3.8) is 0 Å². The number of halogens is 1. The van der Waals surface area contributed by atoms with Gasteiger partial charge in [-0.1, -0.05) is 30.7 Å². The number of carbonyl (C=O) groups excluding carboxylic acids is 2. The van der Waals surface area contributed by atoms with Crippen LogP contribution in [0.4, 0.5) is 4.79 Å². The minimum absolute atomic E-state index is 0.193. The number of hydrogen-bond donors (Lipinski definition) is 2. The fourth-order valence-electron chi connectivity index (χ4n) is 3.87. The van der Waals surface area contributed by atoms with E-state index in [-0.39, 0.29) is 5.91 Å². The Balaban J connectivity index is 1.94. The lowest BCUT2D eigenvalue weighted by Crippen LogP contribution is -2.27. The Hall–Kier alpha value is -2.83. The van der Waals surface area contributed by atoms with Gasteiger partial charge in [0.15, 0.2) is 0 Å². The Labute approximate surface area is 186 Å². The molecule has 1 aliphatic rings. The molecule has 6 nitrogen and oxygen atoms in total. The molecule has 31 heavy (non-hydrogen) atoms. The van der Waals surface area contributed by atoms with E-state index >= 15 is 0 Å². The second kappa shape index (κ2) is 8.02. The van der Waals surface area contributed by atoms with E-state index in [1.54, 1.807) is 16.7 Å². The van der Waals surface area contributed by atoms with Crippen molar-refractivity contribution in [3.05, 3.63) is 58.1 Å². The third-order valence-corrected chi connectivity index (χ3v) is 5.56. The number of nitrogens with one attached hydrogen (secondary N) is 2. The Kier molecular flexibility index (Phi) is 5.54. The molecule has 4 rings (SSSR count). The Morgan fingerprint density at radius 1 is 1.23 bits per heavy atom. The first-order valence-corrected chi connectivity index (χ1v) is 10.8. The summed E-state index contributed by atoms with van der Waals surface area (Å²) in [6.07, 6.45) is -0.487. The molecule has 0 spiro atoms. The second-order valence-corrected chi connectivity index (χ2v) is 9.06. The highest BCUT2D eigenvalue weighted by molar-refractivity contribution is 6.32. The van der Waals surface area contributed by atoms with Gasteiger partial charge in [0.05, 0.1) is 16.8 Å². The molecule has 0 atom stereocenters. The van der Waals surface area contributed by atoms with Gasteiger partial charge < -0.3 is 15.4 Å². The molecule has 7 heteroatoms. The highest BCUT2D eigenvalue weighted by Gasteiger charge is 2.29. The van der Waals surface area contributed by atoms with Gasteiger partial charge in [-0.05, 0) is 57.1 Å². The van der Waals surface area contributed by atoms with Crippen molar-refractivity contribution in [2.45, 2.75) is 46.4 Å². The summed E-state index contributed by atoms with van der Waals surface area (Å²) < 4.78 is 7.25. The number of amides is 1. The minimum Gasteiger partial charge on any atom is -0.443 e. The van der Waals surface area contributed by atoms with Gasteiger partial charge in [0, 0.05) is 34.6 Å². The largest absolute Gasteiger partial charge is 0.443 e. The Morgan fingerprint density at radius 2 is 2.00 bits per heavy atom. The van der Waals surface area contributed by atoms with Crippen molar-refractivity contribution >= 4 is 34.5 Å². The van der Waals surface area contributed by atoms with Gasteiger partial charge in [-0.3, -0.25) is 4.79 Å². The standard InChI is InChI=1S/C24H26ClN3O3/c1-5-26-12-14-6-9-19-15(10-14)11-20(28(19)23(30)31-24(2,3)4)16-7-8-18(25)17-13-27-22(29)21(16)17/h6-11,26H,5,12-13H2,1-4H3,(H,27,29). The fraction of sp³-hybridized carbons (Fsp3) is 0.333. The average molecular weight is 440 g/mol. The number of carbonyl (C=O) groups is 2. The third-order valence-electron chi connectivity index (χ3n) is 5.21. The van der Waals surface area contributed by atoms with Crippen LogP contribution in [0.1, 0.15) is 49.2 Å². The zero-order valence-electron chi connectivity index (χ0n) is 18.1. The van der Waals surface area contributed by atoms with Gasteiger partial charge in [0.2, 0.25) is 0 Å². The summed E-state index contributed by atoms with van der Waals surface area (Å²) in [5.74, 6) is -0.193. The van der Waals surface area contributed by atoms with Crippen molar-refractivity contribution in [1.29, 1.82) is 0 Å². The van der Waals surface area contributed by atoms with E-state index in [9.17, 15) is 9.59 Å². The molecule has 0 fully saturated rings. The molecule has 0 saturated heterocycles. The van der Waals surface area contributed by atoms with Crippen LogP contribution in [-0.2, 0) is 17.8 Å². The van der Waals surface area contributed by atoms with Crippen LogP contribution in [0, 0.1) is 0 Å². The summed E-state index contributed by atoms with van der Waals surface area (Å²) in [4.78, 5) is 25.8. The Bertz CT molecular complexity index is 1190. The van der Waals surface area contributed by atoms with Gasteiger partial charge in [-0.15, -0.1) is 0 Å². The zero-order chi connectivity index (χ0) is 22.3. The Morgan fingerprint density at radius 3 is 2.71 bits per heavy atom. The summed E-state index contributed by atoms with van der Waals surface area (Å²) in [7, 11) is 0. The molecule has 0 aliphatic carbocycles. The van der Waals surface area contributed by atoms with Crippen molar-refractivity contribution in [1.82, 2.24) is 15.2 Å². The van der Waals surface area contributed by atoms with Crippen LogP contribution in [0.15, 0.2) is 36.4 Å². The van der Waals surface area contributed by atoms with E-state index in [1.165, 1.54) is 0 Å². The third kappa shape index (κ3) is 4.05. The quantitative estimate of drug-likeness (QED) is 0.593. The number of ether oxygens (including phenoxy) is 1. The lowest BCUT2D eigenvalue weighted by atomic mass is 10.00. The smallest absolute Gasteiger partial charge is 0.419 e. The summed E-state index contributed by atoms with van der Waals surface area (Å²) in [5.41, 5.74) is 3.70. The molecule has 0 unspecified atom stereocenters. The molecular formula is C24H26ClN3O3. The van der Waals surface area contributed by atoms with Crippen molar-refractivity contribution in [3.8, 4) is 11.3 Å². The van der Waals surface area contributed by atoms with Crippen molar-refractivity contribution in [2.24, 2.45) is 0 Å². The number of rotatable bonds is 4. The normalized spacial score (nSPS) is 13.4. The number of fused-ring (bicyclic) bond motifs is 2. The predicted molar refractivity (Wildman–Crippen MR) is 123 cm³/mol. The van der Waals surface area contributed by atoms with Crippen molar-refractivity contribution < 1.29 is 14.3 Å². The molecule has 1 amide bonds. The van der Waals surface area contributed by atoms with Crippen LogP contribution < -0.4 is 10.6 Å². The topological polar surface area (TPSA) is 72.4 Å². The predicted octanol–water partition coefficient (Wildman–Crippen LogP) is 5.10. The number of nitrogens with zero attached hydrogens (tertiary/aromatic N) is 1. The zero-order valence-corrected chi connectivity index (χ0v) is 18.9. The maximum atomic E-state index is 13.2. The first kappa shape index (κ1) is 21.4. The number of aromatic nitrogens is 1. The van der Waals surface area contributed by atoms with Crippen LogP contribution in [0.25, 0.3) is 22.2 Å². The molecule has 2 N–H and O–H groups in total. The fourth-order valence-corrected chi connectivity index (χ4v) is 4.10. The molecule has 1 aromatic heterocycles. The SMILES string of the molecule is CCNCc1ccc2c(c1)cc(-c1ccc(Cl)c3c1C(=O)NC3)n2C(=O)OC(C)(C)C. The number of hydrogen-bond acceptors (Lipinski definition) is 4. The molecule has 2 heterocycles. The molecule has 0 bridgehead atoms. The maximum Gasteiger partial charge on any atom is 0.419 e. The average Bonchev–Trinajstić information content (AvgIpc) is 3.27. The van der Waals surface area contributed by atoms with Gasteiger partial charge >= 0.3 is 6.09 Å². The van der Waals surface area contributed by atoms with Gasteiger partial charge in [-0.2, -0.15) is 0 Å². The molecule has 1 aliphatic heterocycles. The van der Waals surface area contributed by atoms with Gasteiger partial charge in [0.1, 0.15) is 5.60 Å². The van der Waals surface area contributed by atoms with E-state index in [0.717, 1.165) is 35.1 Å². The monoisotopic (exact) mass is 439 g/mol. The molecule has 3 aromatic rings. The van der Waals surface area contributed by atoms with Gasteiger partial charge in [-0.25, -0.2) is 9.36 Å². The van der Waals surface area contributed by atoms with Crippen LogP contribution in [0.3, 0.4) is 0 Å². The van der Waals surface area contributed by atoms with E-state index in [1.807, 2.05) is 39.0 Å². The van der Waals surface area contributed by atoms with Crippen LogP contribution in [0.2, 0.25) is 5.02 Å². The van der Waals surface area contributed by atoms with Crippen LogP contribution in [-0.4, -0.2) is 28.7 Å². The van der Waals surface area contributed by atoms with E-state index in [2.05, 4.69) is 23.6 Å². The van der Waals surface area contributed by atoms with Gasteiger partial charge in [0.25, 0.3) is 5.91 Å². The van der Waals surface area contributed by atoms with Crippen LogP contribution >= 0.6 is 11.6 Å². The molecule has 0 radical (unpaired) electrons. The summed E-state index contributed by atoms with van der Waals surface area (Å²) in [5, 5.41) is 7.58. The minimum atomic E-state index is -0.657. The van der Waals surface area contributed by atoms with E-state index in [0.29, 0.717) is 28.4 Å². The van der Waals surface area contributed by atoms with E-state index in [4.69, 9.17) is 16.3 Å². The first-order chi connectivity index (χ1) is 14.7. The van der Waals surface area contributed by atoms with Crippen LogP contribution in [0.5, 0.6) is 0 Å². The van der Waals surface area contributed by atoms with Crippen molar-refractivity contribution in [2.75, 3.05) is 6.54 Å². The maximum absolute atomic E-state index is 13.2. The summed E-state index contributed by atoms with van der Waals surface area (Å²) in [6, 6.07) is 11.5. The first-order valence-electron chi connectivity index (χ1n) is 10.4. The molecular weight excluding hydrogens is 414 g/mol. The highest BCUT2D eigenvalue weighted by atomic mass is 35.5. The second-order valence-electron chi connectivity index (χ2n) is 8.65. The molecule has 2 aromatic carbocycles. The highest BCUT2D eigenvalue weighted by Crippen LogP contribution is 2.37. The molecule has 162 valence electrons. The summed E-state index contributed by atoms with van der Waals surface area (Å²) >= 11 is 6.33. The van der Waals surface area contributed by atoms with E-state index < -0.39 is 11.7 Å². The lowest BCUT2D eigenvalue weighted by molar-refractivity contribution is 0.0547. The number of benzene rings is 2.